The predicted molar refractivity (Wildman–Crippen MR) is 38.5 cm³/mol. The predicted octanol–water partition coefficient (Wildman–Crippen LogP) is -0.424. The van der Waals surface area contributed by atoms with E-state index in [1.165, 1.54) is 0 Å². The molecular formula is C6H8N2O4. The van der Waals surface area contributed by atoms with Crippen LogP contribution in [0.15, 0.2) is 18.7 Å². The Kier molecular flexibility index (Phi) is 4.13. The van der Waals surface area contributed by atoms with Crippen molar-refractivity contribution in [1.29, 1.82) is 0 Å². The Bertz CT molecular complexity index is 243. The minimum absolute atomic E-state index is 1.75. The average Bonchev–Trinajstić information content (AvgIpc) is 2.40. The minimum Gasteiger partial charge on any atom is -0.473 e. The third-order valence-corrected chi connectivity index (χ3v) is 0.820. The van der Waals surface area contributed by atoms with E-state index in [2.05, 4.69) is 4.98 Å². The number of aromatic nitrogens is 2. The fraction of sp³-hybridized carbons (Fsp3) is 0.167. The van der Waals surface area contributed by atoms with E-state index in [4.69, 9.17) is 19.8 Å². The molecular weight excluding hydrogens is 164 g/mol. The first-order valence-electron chi connectivity index (χ1n) is 2.92. The summed E-state index contributed by atoms with van der Waals surface area (Å²) in [5, 5.41) is 14.8. The first-order chi connectivity index (χ1) is 5.54. The molecule has 0 bridgehead atoms. The molecule has 0 spiro atoms. The molecule has 0 fully saturated rings. The lowest BCUT2D eigenvalue weighted by atomic mass is 10.7. The third-order valence-electron chi connectivity index (χ3n) is 0.820. The van der Waals surface area contributed by atoms with E-state index in [1.807, 2.05) is 17.8 Å². The lowest BCUT2D eigenvalue weighted by Crippen LogP contribution is -2.09. The van der Waals surface area contributed by atoms with Gasteiger partial charge < -0.3 is 14.8 Å². The summed E-state index contributed by atoms with van der Waals surface area (Å²) in [5.41, 5.74) is 0. The Balaban J connectivity index is 0.000000202. The highest BCUT2D eigenvalue weighted by atomic mass is 16.4. The van der Waals surface area contributed by atoms with E-state index in [0.29, 0.717) is 0 Å². The van der Waals surface area contributed by atoms with Crippen LogP contribution in [-0.2, 0) is 16.6 Å². The van der Waals surface area contributed by atoms with Crippen LogP contribution in [0.4, 0.5) is 0 Å². The molecule has 1 rings (SSSR count). The summed E-state index contributed by atoms with van der Waals surface area (Å²) in [6.07, 6.45) is 5.39. The molecule has 6 nitrogen and oxygen atoms in total. The number of carboxylic acids is 2. The molecule has 0 aliphatic carbocycles. The van der Waals surface area contributed by atoms with Crippen molar-refractivity contribution in [2.45, 2.75) is 0 Å². The average molecular weight is 172 g/mol. The van der Waals surface area contributed by atoms with Gasteiger partial charge in [0.15, 0.2) is 0 Å². The van der Waals surface area contributed by atoms with Gasteiger partial charge in [0.25, 0.3) is 0 Å². The fourth-order valence-electron chi connectivity index (χ4n) is 0.326. The van der Waals surface area contributed by atoms with E-state index < -0.39 is 11.9 Å². The lowest BCUT2D eigenvalue weighted by molar-refractivity contribution is -0.159. The summed E-state index contributed by atoms with van der Waals surface area (Å²) in [7, 11) is 1.94. The number of aliphatic carboxylic acids is 2. The Labute approximate surface area is 68.1 Å². The van der Waals surface area contributed by atoms with Gasteiger partial charge in [-0.15, -0.1) is 0 Å². The van der Waals surface area contributed by atoms with E-state index in [9.17, 15) is 0 Å². The normalized spacial score (nSPS) is 8.08. The maximum atomic E-state index is 9.10. The van der Waals surface area contributed by atoms with Gasteiger partial charge in [0.1, 0.15) is 0 Å². The van der Waals surface area contributed by atoms with Gasteiger partial charge in [-0.25, -0.2) is 14.6 Å². The van der Waals surface area contributed by atoms with Gasteiger partial charge >= 0.3 is 11.9 Å². The Morgan fingerprint density at radius 1 is 1.33 bits per heavy atom. The topological polar surface area (TPSA) is 92.4 Å². The molecule has 0 radical (unpaired) electrons. The highest BCUT2D eigenvalue weighted by Gasteiger charge is 2.04. The van der Waals surface area contributed by atoms with Crippen LogP contribution < -0.4 is 0 Å². The number of nitrogens with zero attached hydrogens (tertiary/aromatic N) is 2. The van der Waals surface area contributed by atoms with Gasteiger partial charge in [0.05, 0.1) is 6.33 Å². The molecule has 0 saturated heterocycles. The van der Waals surface area contributed by atoms with Crippen molar-refractivity contribution in [1.82, 2.24) is 9.55 Å². The number of carboxylic acid groups (broad SMARTS) is 2. The van der Waals surface area contributed by atoms with Crippen molar-refractivity contribution in [2.75, 3.05) is 0 Å². The summed E-state index contributed by atoms with van der Waals surface area (Å²) in [4.78, 5) is 22.0. The van der Waals surface area contributed by atoms with E-state index in [0.717, 1.165) is 0 Å². The number of rotatable bonds is 0. The maximum absolute atomic E-state index is 9.10. The first-order valence-corrected chi connectivity index (χ1v) is 2.92. The number of aryl methyl sites for hydroxylation is 1. The molecule has 6 heteroatoms. The van der Waals surface area contributed by atoms with E-state index in [-0.39, 0.29) is 0 Å². The molecule has 66 valence electrons. The number of imidazole rings is 1. The van der Waals surface area contributed by atoms with Gasteiger partial charge in [-0.1, -0.05) is 0 Å². The summed E-state index contributed by atoms with van der Waals surface area (Å²) >= 11 is 0. The van der Waals surface area contributed by atoms with Gasteiger partial charge in [0, 0.05) is 19.4 Å². The van der Waals surface area contributed by atoms with Gasteiger partial charge in [-0.05, 0) is 0 Å². The third kappa shape index (κ3) is 4.98. The highest BCUT2D eigenvalue weighted by Crippen LogP contribution is 1.73. The molecule has 0 aliphatic rings. The summed E-state index contributed by atoms with van der Waals surface area (Å²) in [5.74, 6) is -3.65. The zero-order valence-electron chi connectivity index (χ0n) is 6.34. The monoisotopic (exact) mass is 172 g/mol. The smallest absolute Gasteiger partial charge is 0.414 e. The number of hydrogen-bond donors (Lipinski definition) is 2. The Morgan fingerprint density at radius 2 is 1.83 bits per heavy atom. The molecule has 1 aromatic heterocycles. The molecule has 1 heterocycles. The van der Waals surface area contributed by atoms with Crippen LogP contribution in [0.2, 0.25) is 0 Å². The zero-order valence-corrected chi connectivity index (χ0v) is 6.34. The van der Waals surface area contributed by atoms with Crippen LogP contribution in [0.25, 0.3) is 0 Å². The molecule has 0 aliphatic heterocycles. The SMILES string of the molecule is Cn1ccnc1.O=C(O)C(=O)O. The van der Waals surface area contributed by atoms with Crippen molar-refractivity contribution in [3.63, 3.8) is 0 Å². The Morgan fingerprint density at radius 3 is 1.92 bits per heavy atom. The summed E-state index contributed by atoms with van der Waals surface area (Å²) in [6.45, 7) is 0. The quantitative estimate of drug-likeness (QED) is 0.518. The standard InChI is InChI=1S/C4H6N2.C2H2O4/c1-6-3-2-5-4-6;3-1(4)2(5)6/h2-4H,1H3;(H,3,4)(H,5,6). The first kappa shape index (κ1) is 10.2. The van der Waals surface area contributed by atoms with Gasteiger partial charge in [-0.3, -0.25) is 0 Å². The second-order valence-electron chi connectivity index (χ2n) is 1.84. The van der Waals surface area contributed by atoms with Crippen LogP contribution in [0, 0.1) is 0 Å². The lowest BCUT2D eigenvalue weighted by Gasteiger charge is -1.76. The number of hydrogen-bond acceptors (Lipinski definition) is 3. The summed E-state index contributed by atoms with van der Waals surface area (Å²) in [6, 6.07) is 0. The highest BCUT2D eigenvalue weighted by molar-refractivity contribution is 6.27. The Hall–Kier alpha value is -1.85. The van der Waals surface area contributed by atoms with Crippen molar-refractivity contribution < 1.29 is 19.8 Å². The van der Waals surface area contributed by atoms with Crippen molar-refractivity contribution in [3.05, 3.63) is 18.7 Å². The van der Waals surface area contributed by atoms with Crippen LogP contribution in [0.3, 0.4) is 0 Å². The van der Waals surface area contributed by atoms with Crippen molar-refractivity contribution in [3.8, 4) is 0 Å². The molecule has 0 unspecified atom stereocenters. The second-order valence-corrected chi connectivity index (χ2v) is 1.84. The molecule has 0 aromatic carbocycles. The molecule has 0 atom stereocenters. The van der Waals surface area contributed by atoms with Gasteiger partial charge in [-0.2, -0.15) is 0 Å². The molecule has 12 heavy (non-hydrogen) atoms. The molecule has 1 aromatic rings. The van der Waals surface area contributed by atoms with Crippen LogP contribution in [-0.4, -0.2) is 31.7 Å². The minimum atomic E-state index is -1.82. The van der Waals surface area contributed by atoms with Crippen molar-refractivity contribution in [2.24, 2.45) is 7.05 Å². The van der Waals surface area contributed by atoms with Crippen LogP contribution in [0.5, 0.6) is 0 Å². The van der Waals surface area contributed by atoms with E-state index >= 15 is 0 Å². The van der Waals surface area contributed by atoms with Crippen LogP contribution in [0.1, 0.15) is 0 Å². The number of carbonyl (C=O) groups is 2. The largest absolute Gasteiger partial charge is 0.473 e. The van der Waals surface area contributed by atoms with Crippen molar-refractivity contribution >= 4 is 11.9 Å². The fourth-order valence-corrected chi connectivity index (χ4v) is 0.326. The second kappa shape index (κ2) is 4.89. The maximum Gasteiger partial charge on any atom is 0.414 e. The summed E-state index contributed by atoms with van der Waals surface area (Å²) < 4.78 is 1.89. The van der Waals surface area contributed by atoms with Crippen LogP contribution >= 0.6 is 0 Å². The molecule has 0 saturated carbocycles. The molecule has 0 amide bonds. The van der Waals surface area contributed by atoms with Gasteiger partial charge in [0.2, 0.25) is 0 Å². The zero-order chi connectivity index (χ0) is 9.56. The molecule has 2 N–H and O–H groups in total. The van der Waals surface area contributed by atoms with E-state index in [1.54, 1.807) is 12.5 Å².